The van der Waals surface area contributed by atoms with Crippen LogP contribution in [0.4, 0.5) is 20.6 Å². The zero-order valence-electron chi connectivity index (χ0n) is 17.5. The Morgan fingerprint density at radius 1 is 1.06 bits per heavy atom. The summed E-state index contributed by atoms with van der Waals surface area (Å²) in [7, 11) is -1.36. The summed E-state index contributed by atoms with van der Waals surface area (Å²) in [6.07, 6.45) is 1.96. The Hall–Kier alpha value is -3.67. The quantitative estimate of drug-likeness (QED) is 0.366. The zero-order chi connectivity index (χ0) is 23.6. The van der Waals surface area contributed by atoms with Gasteiger partial charge in [-0.3, -0.25) is 18.9 Å². The molecule has 0 bridgehead atoms. The fourth-order valence-corrected chi connectivity index (χ4v) is 4.94. The fourth-order valence-electron chi connectivity index (χ4n) is 3.31. The Morgan fingerprint density at radius 3 is 2.61 bits per heavy atom. The van der Waals surface area contributed by atoms with E-state index in [0.717, 1.165) is 11.6 Å². The number of aryl methyl sites for hydroxylation is 1. The Balaban J connectivity index is 1.42. The number of aromatic nitrogens is 1. The largest absolute Gasteiger partial charge is 0.457 e. The molecule has 0 fully saturated rings. The number of amides is 3. The highest BCUT2D eigenvalue weighted by Gasteiger charge is 2.27. The van der Waals surface area contributed by atoms with Crippen LogP contribution < -0.4 is 20.7 Å². The first-order valence-corrected chi connectivity index (χ1v) is 11.6. The van der Waals surface area contributed by atoms with Crippen molar-refractivity contribution in [3.63, 3.8) is 0 Å². The summed E-state index contributed by atoms with van der Waals surface area (Å²) in [6.45, 7) is 0. The molecule has 0 radical (unpaired) electrons. The first-order chi connectivity index (χ1) is 15.7. The monoisotopic (exact) mass is 472 g/mol. The van der Waals surface area contributed by atoms with Gasteiger partial charge < -0.3 is 20.7 Å². The van der Waals surface area contributed by atoms with Crippen LogP contribution >= 0.6 is 10.6 Å². The first kappa shape index (κ1) is 22.5. The number of pyridine rings is 1. The normalized spacial score (nSPS) is 14.7. The molecule has 0 unspecified atom stereocenters. The smallest absolute Gasteiger partial charge is 0.323 e. The number of ether oxygens (including phenoxy) is 1. The lowest BCUT2D eigenvalue weighted by Gasteiger charge is -2.27. The van der Waals surface area contributed by atoms with Crippen LogP contribution in [0.15, 0.2) is 59.6 Å². The SMILES string of the molecule is CNC(=O)c1cc(Oc2ccc(NC(=O)Nc3ccc4c(c3)S(O)(O)CC4)c(F)c2)ccn1. The van der Waals surface area contributed by atoms with E-state index in [4.69, 9.17) is 4.74 Å². The van der Waals surface area contributed by atoms with E-state index in [-0.39, 0.29) is 28.8 Å². The van der Waals surface area contributed by atoms with Gasteiger partial charge in [0.1, 0.15) is 23.0 Å². The van der Waals surface area contributed by atoms with Gasteiger partial charge in [0.25, 0.3) is 5.91 Å². The molecule has 1 aliphatic heterocycles. The third-order valence-electron chi connectivity index (χ3n) is 4.95. The third kappa shape index (κ3) is 5.06. The summed E-state index contributed by atoms with van der Waals surface area (Å²) in [5.41, 5.74) is 1.27. The number of carbonyl (C=O) groups is 2. The number of anilines is 2. The van der Waals surface area contributed by atoms with E-state index in [2.05, 4.69) is 20.9 Å². The Bertz CT molecular complexity index is 1240. The van der Waals surface area contributed by atoms with Crippen molar-refractivity contribution in [2.45, 2.75) is 11.3 Å². The van der Waals surface area contributed by atoms with Crippen molar-refractivity contribution in [1.29, 1.82) is 0 Å². The molecule has 2 aromatic carbocycles. The van der Waals surface area contributed by atoms with Crippen LogP contribution in [0.5, 0.6) is 11.5 Å². The molecule has 0 saturated carbocycles. The number of hydrogen-bond acceptors (Lipinski definition) is 6. The number of nitrogens with one attached hydrogen (secondary N) is 3. The van der Waals surface area contributed by atoms with Crippen LogP contribution in [0.3, 0.4) is 0 Å². The highest BCUT2D eigenvalue weighted by atomic mass is 32.3. The number of hydrogen-bond donors (Lipinski definition) is 5. The lowest BCUT2D eigenvalue weighted by molar-refractivity contribution is 0.0957. The second kappa shape index (κ2) is 9.06. The van der Waals surface area contributed by atoms with Gasteiger partial charge in [0, 0.05) is 36.8 Å². The molecular weight excluding hydrogens is 451 g/mol. The van der Waals surface area contributed by atoms with Crippen LogP contribution in [0.2, 0.25) is 0 Å². The molecule has 0 atom stereocenters. The molecule has 33 heavy (non-hydrogen) atoms. The number of rotatable bonds is 5. The van der Waals surface area contributed by atoms with Gasteiger partial charge in [-0.05, 0) is 42.3 Å². The number of halogens is 1. The number of fused-ring (bicyclic) bond motifs is 1. The van der Waals surface area contributed by atoms with E-state index in [9.17, 15) is 23.1 Å². The van der Waals surface area contributed by atoms with E-state index in [1.54, 1.807) is 12.1 Å². The van der Waals surface area contributed by atoms with E-state index in [1.165, 1.54) is 43.6 Å². The number of benzene rings is 2. The predicted molar refractivity (Wildman–Crippen MR) is 123 cm³/mol. The van der Waals surface area contributed by atoms with Gasteiger partial charge in [-0.15, -0.1) is 0 Å². The molecule has 9 nitrogen and oxygen atoms in total. The number of nitrogens with zero attached hydrogens (tertiary/aromatic N) is 1. The van der Waals surface area contributed by atoms with E-state index in [1.807, 2.05) is 0 Å². The van der Waals surface area contributed by atoms with Gasteiger partial charge >= 0.3 is 6.03 Å². The summed E-state index contributed by atoms with van der Waals surface area (Å²) in [5, 5.41) is 7.42. The Kier molecular flexibility index (Phi) is 6.18. The van der Waals surface area contributed by atoms with Gasteiger partial charge in [0.05, 0.1) is 10.6 Å². The van der Waals surface area contributed by atoms with E-state index < -0.39 is 22.4 Å². The molecular formula is C22H21FN4O5S. The summed E-state index contributed by atoms with van der Waals surface area (Å²) in [6, 6.07) is 11.0. The molecule has 3 aromatic rings. The summed E-state index contributed by atoms with van der Waals surface area (Å²) in [4.78, 5) is 28.3. The molecule has 172 valence electrons. The van der Waals surface area contributed by atoms with Crippen molar-refractivity contribution in [2.24, 2.45) is 0 Å². The Labute approximate surface area is 190 Å². The van der Waals surface area contributed by atoms with Gasteiger partial charge in [-0.2, -0.15) is 10.6 Å². The topological polar surface area (TPSA) is 133 Å². The van der Waals surface area contributed by atoms with Crippen molar-refractivity contribution < 1.29 is 27.8 Å². The molecule has 3 amide bonds. The highest BCUT2D eigenvalue weighted by Crippen LogP contribution is 2.55. The molecule has 4 rings (SSSR count). The molecule has 1 aliphatic rings. The van der Waals surface area contributed by atoms with Crippen LogP contribution in [0, 0.1) is 5.82 Å². The summed E-state index contributed by atoms with van der Waals surface area (Å²) in [5.74, 6) is -0.387. The van der Waals surface area contributed by atoms with E-state index >= 15 is 0 Å². The second-order valence-electron chi connectivity index (χ2n) is 7.22. The summed E-state index contributed by atoms with van der Waals surface area (Å²) >= 11 is 0. The minimum Gasteiger partial charge on any atom is -0.457 e. The lowest BCUT2D eigenvalue weighted by atomic mass is 10.1. The molecule has 0 aliphatic carbocycles. The van der Waals surface area contributed by atoms with E-state index in [0.29, 0.717) is 22.8 Å². The zero-order valence-corrected chi connectivity index (χ0v) is 18.3. The van der Waals surface area contributed by atoms with Crippen LogP contribution in [0.1, 0.15) is 16.1 Å². The maximum absolute atomic E-state index is 14.5. The number of carbonyl (C=O) groups excluding carboxylic acids is 2. The first-order valence-electron chi connectivity index (χ1n) is 9.87. The third-order valence-corrected chi connectivity index (χ3v) is 6.81. The molecule has 11 heteroatoms. The van der Waals surface area contributed by atoms with Crippen molar-refractivity contribution >= 4 is 33.9 Å². The van der Waals surface area contributed by atoms with Crippen LogP contribution in [-0.2, 0) is 6.42 Å². The van der Waals surface area contributed by atoms with Crippen LogP contribution in [-0.4, -0.2) is 38.8 Å². The Morgan fingerprint density at radius 2 is 1.85 bits per heavy atom. The number of urea groups is 1. The van der Waals surface area contributed by atoms with Crippen molar-refractivity contribution in [3.05, 3.63) is 71.8 Å². The van der Waals surface area contributed by atoms with Crippen molar-refractivity contribution in [2.75, 3.05) is 23.4 Å². The molecule has 2 heterocycles. The van der Waals surface area contributed by atoms with Gasteiger partial charge in [-0.25, -0.2) is 9.18 Å². The average molecular weight is 472 g/mol. The maximum Gasteiger partial charge on any atom is 0.323 e. The minimum absolute atomic E-state index is 0.0777. The van der Waals surface area contributed by atoms with Gasteiger partial charge in [-0.1, -0.05) is 6.07 Å². The molecule has 0 saturated heterocycles. The summed E-state index contributed by atoms with van der Waals surface area (Å²) < 4.78 is 40.3. The lowest BCUT2D eigenvalue weighted by Crippen LogP contribution is -2.20. The predicted octanol–water partition coefficient (Wildman–Crippen LogP) is 4.68. The molecule has 1 aromatic heterocycles. The second-order valence-corrected chi connectivity index (χ2v) is 9.40. The maximum atomic E-state index is 14.5. The minimum atomic E-state index is -2.84. The van der Waals surface area contributed by atoms with Crippen molar-refractivity contribution in [3.8, 4) is 11.5 Å². The van der Waals surface area contributed by atoms with Crippen molar-refractivity contribution in [1.82, 2.24) is 10.3 Å². The van der Waals surface area contributed by atoms with Crippen LogP contribution in [0.25, 0.3) is 0 Å². The van der Waals surface area contributed by atoms with Gasteiger partial charge in [0.15, 0.2) is 0 Å². The molecule has 5 N–H and O–H groups in total. The van der Waals surface area contributed by atoms with Gasteiger partial charge in [0.2, 0.25) is 0 Å². The molecule has 0 spiro atoms. The average Bonchev–Trinajstić information content (AvgIpc) is 3.09. The standard InChI is InChI=1S/C22H21FN4O5S/c1-24-21(28)19-12-16(6-8-25-19)32-15-4-5-18(17(23)11-15)27-22(29)26-14-3-2-13-7-9-33(30,31)20(13)10-14/h2-6,8,10-12,30-31H,7,9H2,1H3,(H,24,28)(H2,26,27,29). The highest BCUT2D eigenvalue weighted by molar-refractivity contribution is 8.24. The fraction of sp³-hybridized carbons (Fsp3) is 0.136.